The van der Waals surface area contributed by atoms with Crippen LogP contribution in [0.15, 0.2) is 12.1 Å². The summed E-state index contributed by atoms with van der Waals surface area (Å²) < 4.78 is 11.7. The standard InChI is InChI=1S/C17H25NO2/c1-4-19-16-8-14-7-11(2)20-17(14)9-15(16)10-18-12(3)13-5-6-13/h8-9,11-13,18H,4-7,10H2,1-3H3. The van der Waals surface area contributed by atoms with Crippen LogP contribution in [0.25, 0.3) is 0 Å². The third-order valence-electron chi connectivity index (χ3n) is 4.32. The number of fused-ring (bicyclic) bond motifs is 1. The first kappa shape index (κ1) is 13.7. The molecule has 1 aliphatic carbocycles. The van der Waals surface area contributed by atoms with Crippen LogP contribution >= 0.6 is 0 Å². The van der Waals surface area contributed by atoms with Crippen molar-refractivity contribution in [3.05, 3.63) is 23.3 Å². The molecule has 1 fully saturated rings. The van der Waals surface area contributed by atoms with Crippen molar-refractivity contribution in [3.8, 4) is 11.5 Å². The lowest BCUT2D eigenvalue weighted by molar-refractivity contribution is 0.254. The highest BCUT2D eigenvalue weighted by Gasteiger charge is 2.28. The molecule has 0 saturated heterocycles. The van der Waals surface area contributed by atoms with Gasteiger partial charge in [0.2, 0.25) is 0 Å². The van der Waals surface area contributed by atoms with Gasteiger partial charge in [-0.15, -0.1) is 0 Å². The fourth-order valence-corrected chi connectivity index (χ4v) is 2.94. The van der Waals surface area contributed by atoms with E-state index in [4.69, 9.17) is 9.47 Å². The molecular weight excluding hydrogens is 250 g/mol. The Bertz CT molecular complexity index is 482. The third kappa shape index (κ3) is 2.93. The normalized spacial score (nSPS) is 22.2. The largest absolute Gasteiger partial charge is 0.494 e. The maximum absolute atomic E-state index is 5.86. The molecule has 1 N–H and O–H groups in total. The Morgan fingerprint density at radius 1 is 1.40 bits per heavy atom. The van der Waals surface area contributed by atoms with E-state index in [2.05, 4.69) is 31.3 Å². The Balaban J connectivity index is 1.75. The van der Waals surface area contributed by atoms with Gasteiger partial charge in [0.1, 0.15) is 17.6 Å². The SMILES string of the molecule is CCOc1cc2c(cc1CNC(C)C1CC1)OC(C)C2. The molecule has 3 heteroatoms. The first-order valence-corrected chi connectivity index (χ1v) is 7.86. The van der Waals surface area contributed by atoms with E-state index in [1.54, 1.807) is 0 Å². The van der Waals surface area contributed by atoms with E-state index >= 15 is 0 Å². The van der Waals surface area contributed by atoms with Crippen LogP contribution in [-0.2, 0) is 13.0 Å². The molecule has 110 valence electrons. The van der Waals surface area contributed by atoms with Gasteiger partial charge in [-0.1, -0.05) is 0 Å². The molecule has 2 aliphatic rings. The molecule has 1 aromatic rings. The van der Waals surface area contributed by atoms with Crippen molar-refractivity contribution >= 4 is 0 Å². The fraction of sp³-hybridized carbons (Fsp3) is 0.647. The van der Waals surface area contributed by atoms with Crippen molar-refractivity contribution in [1.82, 2.24) is 5.32 Å². The average molecular weight is 275 g/mol. The number of nitrogens with one attached hydrogen (secondary N) is 1. The summed E-state index contributed by atoms with van der Waals surface area (Å²) in [7, 11) is 0. The van der Waals surface area contributed by atoms with Crippen molar-refractivity contribution in [2.75, 3.05) is 6.61 Å². The van der Waals surface area contributed by atoms with Gasteiger partial charge < -0.3 is 14.8 Å². The third-order valence-corrected chi connectivity index (χ3v) is 4.32. The maximum Gasteiger partial charge on any atom is 0.124 e. The molecule has 1 aromatic carbocycles. The summed E-state index contributed by atoms with van der Waals surface area (Å²) in [6.45, 7) is 8.01. The molecular formula is C17H25NO2. The highest BCUT2D eigenvalue weighted by atomic mass is 16.5. The van der Waals surface area contributed by atoms with E-state index in [1.165, 1.54) is 24.0 Å². The second-order valence-electron chi connectivity index (χ2n) is 6.14. The smallest absolute Gasteiger partial charge is 0.124 e. The molecule has 1 aliphatic heterocycles. The number of ether oxygens (including phenoxy) is 2. The van der Waals surface area contributed by atoms with Gasteiger partial charge >= 0.3 is 0 Å². The van der Waals surface area contributed by atoms with Crippen LogP contribution in [-0.4, -0.2) is 18.8 Å². The topological polar surface area (TPSA) is 30.5 Å². The summed E-state index contributed by atoms with van der Waals surface area (Å²) in [5.41, 5.74) is 2.49. The highest BCUT2D eigenvalue weighted by molar-refractivity contribution is 5.48. The monoisotopic (exact) mass is 275 g/mol. The van der Waals surface area contributed by atoms with Crippen molar-refractivity contribution < 1.29 is 9.47 Å². The van der Waals surface area contributed by atoms with Gasteiger partial charge in [-0.25, -0.2) is 0 Å². The van der Waals surface area contributed by atoms with Crippen molar-refractivity contribution in [3.63, 3.8) is 0 Å². The minimum atomic E-state index is 0.285. The highest BCUT2D eigenvalue weighted by Crippen LogP contribution is 2.36. The average Bonchev–Trinajstić information content (AvgIpc) is 3.19. The van der Waals surface area contributed by atoms with E-state index < -0.39 is 0 Å². The lowest BCUT2D eigenvalue weighted by Gasteiger charge is -2.16. The molecule has 0 amide bonds. The van der Waals surface area contributed by atoms with Crippen LogP contribution in [0.4, 0.5) is 0 Å². The zero-order chi connectivity index (χ0) is 14.1. The van der Waals surface area contributed by atoms with Crippen LogP contribution in [0.3, 0.4) is 0 Å². The zero-order valence-electron chi connectivity index (χ0n) is 12.7. The molecule has 0 bridgehead atoms. The van der Waals surface area contributed by atoms with Crippen LogP contribution in [0.2, 0.25) is 0 Å². The lowest BCUT2D eigenvalue weighted by atomic mass is 10.1. The molecule has 1 saturated carbocycles. The van der Waals surface area contributed by atoms with Crippen molar-refractivity contribution in [1.29, 1.82) is 0 Å². The first-order valence-electron chi connectivity index (χ1n) is 7.86. The Kier molecular flexibility index (Phi) is 3.88. The first-order chi connectivity index (χ1) is 9.67. The quantitative estimate of drug-likeness (QED) is 0.864. The Hall–Kier alpha value is -1.22. The fourth-order valence-electron chi connectivity index (χ4n) is 2.94. The molecule has 1 heterocycles. The lowest BCUT2D eigenvalue weighted by Crippen LogP contribution is -2.27. The minimum Gasteiger partial charge on any atom is -0.494 e. The summed E-state index contributed by atoms with van der Waals surface area (Å²) in [5, 5.41) is 3.63. The van der Waals surface area contributed by atoms with E-state index in [0.29, 0.717) is 12.6 Å². The maximum atomic E-state index is 5.86. The second-order valence-corrected chi connectivity index (χ2v) is 6.14. The predicted octanol–water partition coefficient (Wildman–Crippen LogP) is 3.30. The predicted molar refractivity (Wildman–Crippen MR) is 80.4 cm³/mol. The van der Waals surface area contributed by atoms with E-state index in [-0.39, 0.29) is 6.10 Å². The molecule has 0 radical (unpaired) electrons. The van der Waals surface area contributed by atoms with Crippen molar-refractivity contribution in [2.45, 2.75) is 58.7 Å². The molecule has 2 unspecified atom stereocenters. The number of hydrogen-bond donors (Lipinski definition) is 1. The molecule has 3 nitrogen and oxygen atoms in total. The van der Waals surface area contributed by atoms with Gasteiger partial charge in [-0.2, -0.15) is 0 Å². The molecule has 20 heavy (non-hydrogen) atoms. The van der Waals surface area contributed by atoms with Gasteiger partial charge in [0.15, 0.2) is 0 Å². The van der Waals surface area contributed by atoms with Gasteiger partial charge in [-0.3, -0.25) is 0 Å². The number of rotatable bonds is 6. The Morgan fingerprint density at radius 3 is 2.90 bits per heavy atom. The zero-order valence-corrected chi connectivity index (χ0v) is 12.7. The van der Waals surface area contributed by atoms with Crippen LogP contribution in [0, 0.1) is 5.92 Å². The van der Waals surface area contributed by atoms with Crippen LogP contribution < -0.4 is 14.8 Å². The Morgan fingerprint density at radius 2 is 2.20 bits per heavy atom. The molecule has 0 aromatic heterocycles. The van der Waals surface area contributed by atoms with Crippen LogP contribution in [0.1, 0.15) is 44.7 Å². The van der Waals surface area contributed by atoms with Gasteiger partial charge in [0.05, 0.1) is 6.61 Å². The summed E-state index contributed by atoms with van der Waals surface area (Å²) in [5.74, 6) is 2.92. The minimum absolute atomic E-state index is 0.285. The molecule has 0 spiro atoms. The van der Waals surface area contributed by atoms with Crippen LogP contribution in [0.5, 0.6) is 11.5 Å². The molecule has 3 rings (SSSR count). The summed E-state index contributed by atoms with van der Waals surface area (Å²) in [6.07, 6.45) is 4.02. The number of benzene rings is 1. The van der Waals surface area contributed by atoms with Crippen molar-refractivity contribution in [2.24, 2.45) is 5.92 Å². The van der Waals surface area contributed by atoms with Gasteiger partial charge in [0, 0.05) is 30.1 Å². The van der Waals surface area contributed by atoms with E-state index in [0.717, 1.165) is 30.4 Å². The number of hydrogen-bond acceptors (Lipinski definition) is 3. The summed E-state index contributed by atoms with van der Waals surface area (Å²) in [6, 6.07) is 4.93. The molecule has 2 atom stereocenters. The second kappa shape index (κ2) is 5.65. The Labute approximate surface area is 121 Å². The van der Waals surface area contributed by atoms with E-state index in [9.17, 15) is 0 Å². The summed E-state index contributed by atoms with van der Waals surface area (Å²) in [4.78, 5) is 0. The van der Waals surface area contributed by atoms with Gasteiger partial charge in [0.25, 0.3) is 0 Å². The summed E-state index contributed by atoms with van der Waals surface area (Å²) >= 11 is 0. The van der Waals surface area contributed by atoms with E-state index in [1.807, 2.05) is 6.92 Å². The van der Waals surface area contributed by atoms with Gasteiger partial charge in [-0.05, 0) is 51.7 Å².